The average Bonchev–Trinajstić information content (AvgIpc) is 2.83. The number of tetrazole rings is 1. The monoisotopic (exact) mass is 285 g/mol. The molecule has 0 fully saturated rings. The van der Waals surface area contributed by atoms with E-state index in [1.807, 2.05) is 7.05 Å². The Morgan fingerprint density at radius 3 is 2.74 bits per heavy atom. The van der Waals surface area contributed by atoms with Crippen LogP contribution in [0.4, 0.5) is 8.78 Å². The van der Waals surface area contributed by atoms with E-state index in [9.17, 15) is 8.78 Å². The van der Waals surface area contributed by atoms with Gasteiger partial charge in [0.05, 0.1) is 6.54 Å². The Hall–Kier alpha value is -1.54. The Morgan fingerprint density at radius 1 is 1.32 bits per heavy atom. The Bertz CT molecular complexity index is 525. The molecule has 102 valence electrons. The third kappa shape index (κ3) is 3.48. The van der Waals surface area contributed by atoms with Crippen LogP contribution in [-0.2, 0) is 12.3 Å². The van der Waals surface area contributed by atoms with Gasteiger partial charge in [-0.15, -0.1) is 5.10 Å². The Labute approximate surface area is 113 Å². The van der Waals surface area contributed by atoms with Crippen molar-refractivity contribution in [1.82, 2.24) is 25.5 Å². The lowest BCUT2D eigenvalue weighted by Crippen LogP contribution is -2.16. The topological polar surface area (TPSA) is 55.6 Å². The van der Waals surface area contributed by atoms with Gasteiger partial charge in [-0.3, -0.25) is 0 Å². The fourth-order valence-corrected chi connectivity index (χ4v) is 2.39. The summed E-state index contributed by atoms with van der Waals surface area (Å²) in [5.41, 5.74) is 0.0377. The van der Waals surface area contributed by atoms with Crippen LogP contribution >= 0.6 is 11.8 Å². The van der Waals surface area contributed by atoms with Crippen molar-refractivity contribution in [3.05, 3.63) is 35.4 Å². The van der Waals surface area contributed by atoms with Crippen molar-refractivity contribution in [1.29, 1.82) is 0 Å². The van der Waals surface area contributed by atoms with E-state index in [4.69, 9.17) is 0 Å². The average molecular weight is 285 g/mol. The standard InChI is InChI=1S/C11H13F2N5S/c1-14-5-6-18-11(15-16-17-18)19-7-8-9(12)3-2-4-10(8)13/h2-4,14H,5-7H2,1H3. The number of thioether (sulfide) groups is 1. The van der Waals surface area contributed by atoms with Crippen LogP contribution in [0.1, 0.15) is 5.56 Å². The number of hydrogen-bond donors (Lipinski definition) is 1. The first-order valence-corrected chi connectivity index (χ1v) is 6.67. The van der Waals surface area contributed by atoms with Crippen LogP contribution in [0.15, 0.2) is 23.4 Å². The van der Waals surface area contributed by atoms with Gasteiger partial charge in [-0.2, -0.15) is 0 Å². The van der Waals surface area contributed by atoms with E-state index in [-0.39, 0.29) is 11.3 Å². The third-order valence-corrected chi connectivity index (χ3v) is 3.46. The van der Waals surface area contributed by atoms with Gasteiger partial charge in [0.15, 0.2) is 0 Å². The first-order chi connectivity index (χ1) is 9.22. The predicted molar refractivity (Wildman–Crippen MR) is 67.7 cm³/mol. The molecule has 0 amide bonds. The van der Waals surface area contributed by atoms with E-state index in [2.05, 4.69) is 20.8 Å². The smallest absolute Gasteiger partial charge is 0.209 e. The van der Waals surface area contributed by atoms with Gasteiger partial charge >= 0.3 is 0 Å². The van der Waals surface area contributed by atoms with Gasteiger partial charge in [-0.25, -0.2) is 13.5 Å². The summed E-state index contributed by atoms with van der Waals surface area (Å²) in [5.74, 6) is -0.957. The molecule has 0 atom stereocenters. The number of benzene rings is 1. The lowest BCUT2D eigenvalue weighted by Gasteiger charge is -2.05. The fraction of sp³-hybridized carbons (Fsp3) is 0.364. The van der Waals surface area contributed by atoms with Crippen LogP contribution in [0.3, 0.4) is 0 Å². The maximum Gasteiger partial charge on any atom is 0.209 e. The molecule has 1 N–H and O–H groups in total. The quantitative estimate of drug-likeness (QED) is 0.814. The molecule has 8 heteroatoms. The maximum atomic E-state index is 13.5. The van der Waals surface area contributed by atoms with Gasteiger partial charge in [0.1, 0.15) is 11.6 Å². The van der Waals surface area contributed by atoms with Gasteiger partial charge in [0.2, 0.25) is 5.16 Å². The highest BCUT2D eigenvalue weighted by atomic mass is 32.2. The molecule has 0 bridgehead atoms. The van der Waals surface area contributed by atoms with Crippen molar-refractivity contribution in [3.8, 4) is 0 Å². The number of halogens is 2. The summed E-state index contributed by atoms with van der Waals surface area (Å²) in [7, 11) is 1.83. The first-order valence-electron chi connectivity index (χ1n) is 5.69. The number of rotatable bonds is 6. The van der Waals surface area contributed by atoms with Crippen molar-refractivity contribution in [2.24, 2.45) is 0 Å². The van der Waals surface area contributed by atoms with Crippen LogP contribution in [0.2, 0.25) is 0 Å². The number of nitrogens with zero attached hydrogens (tertiary/aromatic N) is 4. The molecule has 0 saturated carbocycles. The molecule has 2 aromatic rings. The summed E-state index contributed by atoms with van der Waals surface area (Å²) in [6, 6.07) is 3.82. The largest absolute Gasteiger partial charge is 0.318 e. The van der Waals surface area contributed by atoms with Gasteiger partial charge in [0, 0.05) is 17.9 Å². The number of hydrogen-bond acceptors (Lipinski definition) is 5. The second-order valence-electron chi connectivity index (χ2n) is 3.78. The molecule has 1 aromatic heterocycles. The highest BCUT2D eigenvalue weighted by molar-refractivity contribution is 7.98. The van der Waals surface area contributed by atoms with Gasteiger partial charge in [-0.05, 0) is 29.6 Å². The van der Waals surface area contributed by atoms with Crippen LogP contribution in [-0.4, -0.2) is 33.8 Å². The van der Waals surface area contributed by atoms with E-state index in [1.165, 1.54) is 30.0 Å². The van der Waals surface area contributed by atoms with Gasteiger partial charge < -0.3 is 5.32 Å². The summed E-state index contributed by atoms with van der Waals surface area (Å²) in [6.45, 7) is 1.32. The lowest BCUT2D eigenvalue weighted by molar-refractivity contribution is 0.529. The summed E-state index contributed by atoms with van der Waals surface area (Å²) < 4.78 is 28.5. The SMILES string of the molecule is CNCCn1nnnc1SCc1c(F)cccc1F. The summed E-state index contributed by atoms with van der Waals surface area (Å²) in [6.07, 6.45) is 0. The van der Waals surface area contributed by atoms with Crippen molar-refractivity contribution in [2.45, 2.75) is 17.5 Å². The van der Waals surface area contributed by atoms with E-state index < -0.39 is 11.6 Å². The molecule has 2 rings (SSSR count). The van der Waals surface area contributed by atoms with Crippen LogP contribution < -0.4 is 5.32 Å². The highest BCUT2D eigenvalue weighted by Crippen LogP contribution is 2.23. The molecule has 1 aromatic carbocycles. The maximum absolute atomic E-state index is 13.5. The minimum Gasteiger partial charge on any atom is -0.318 e. The zero-order chi connectivity index (χ0) is 13.7. The highest BCUT2D eigenvalue weighted by Gasteiger charge is 2.12. The second-order valence-corrected chi connectivity index (χ2v) is 4.72. The van der Waals surface area contributed by atoms with Gasteiger partial charge in [0.25, 0.3) is 0 Å². The molecule has 0 saturated heterocycles. The van der Waals surface area contributed by atoms with Crippen molar-refractivity contribution in [3.63, 3.8) is 0 Å². The fourth-order valence-electron chi connectivity index (χ4n) is 1.46. The minimum absolute atomic E-state index is 0.0377. The molecule has 0 spiro atoms. The number of aromatic nitrogens is 4. The second kappa shape index (κ2) is 6.58. The molecule has 5 nitrogen and oxygen atoms in total. The van der Waals surface area contributed by atoms with Crippen molar-refractivity contribution >= 4 is 11.8 Å². The number of likely N-dealkylation sites (N-methyl/N-ethyl adjacent to an activating group) is 1. The molecule has 1 heterocycles. The molecular formula is C11H13F2N5S. The predicted octanol–water partition coefficient (Wildman–Crippen LogP) is 1.46. The Kier molecular flexibility index (Phi) is 4.80. The zero-order valence-corrected chi connectivity index (χ0v) is 11.1. The Balaban J connectivity index is 2.04. The van der Waals surface area contributed by atoms with Crippen LogP contribution in [0.25, 0.3) is 0 Å². The van der Waals surface area contributed by atoms with Crippen molar-refractivity contribution in [2.75, 3.05) is 13.6 Å². The normalized spacial score (nSPS) is 10.9. The molecule has 0 aliphatic rings. The third-order valence-electron chi connectivity index (χ3n) is 2.48. The molecule has 0 unspecified atom stereocenters. The van der Waals surface area contributed by atoms with E-state index in [0.29, 0.717) is 18.2 Å². The van der Waals surface area contributed by atoms with Crippen molar-refractivity contribution < 1.29 is 8.78 Å². The van der Waals surface area contributed by atoms with E-state index >= 15 is 0 Å². The minimum atomic E-state index is -0.554. The van der Waals surface area contributed by atoms with Gasteiger partial charge in [-0.1, -0.05) is 17.8 Å². The lowest BCUT2D eigenvalue weighted by atomic mass is 10.2. The summed E-state index contributed by atoms with van der Waals surface area (Å²) in [5, 5.41) is 14.7. The number of nitrogens with one attached hydrogen (secondary N) is 1. The Morgan fingerprint density at radius 2 is 2.05 bits per heavy atom. The van der Waals surface area contributed by atoms with E-state index in [0.717, 1.165) is 0 Å². The van der Waals surface area contributed by atoms with Crippen LogP contribution in [0, 0.1) is 11.6 Å². The molecular weight excluding hydrogens is 272 g/mol. The summed E-state index contributed by atoms with van der Waals surface area (Å²) in [4.78, 5) is 0. The molecule has 0 aliphatic carbocycles. The first kappa shape index (κ1) is 13.9. The molecule has 0 aliphatic heterocycles. The van der Waals surface area contributed by atoms with Crippen LogP contribution in [0.5, 0.6) is 0 Å². The molecule has 19 heavy (non-hydrogen) atoms. The van der Waals surface area contributed by atoms with E-state index in [1.54, 1.807) is 4.68 Å². The zero-order valence-electron chi connectivity index (χ0n) is 10.3. The summed E-state index contributed by atoms with van der Waals surface area (Å²) >= 11 is 1.20. The molecule has 0 radical (unpaired) electrons.